The van der Waals surface area contributed by atoms with Crippen LogP contribution in [-0.4, -0.2) is 25.1 Å². The van der Waals surface area contributed by atoms with E-state index in [0.29, 0.717) is 12.8 Å². The molecule has 0 aromatic heterocycles. The molecule has 74 valence electrons. The summed E-state index contributed by atoms with van der Waals surface area (Å²) in [5.74, 6) is -0.337. The molecule has 6 heteroatoms. The third-order valence-corrected chi connectivity index (χ3v) is 2.13. The fourth-order valence-corrected chi connectivity index (χ4v) is 1.33. The zero-order valence-corrected chi connectivity index (χ0v) is 7.36. The number of rotatable bonds is 6. The van der Waals surface area contributed by atoms with Crippen LogP contribution in [0, 0.1) is 0 Å². The number of hydrogen-bond acceptors (Lipinski definition) is 2. The van der Waals surface area contributed by atoms with Crippen LogP contribution in [-0.2, 0) is 10.1 Å². The molecule has 0 radical (unpaired) electrons. The summed E-state index contributed by atoms with van der Waals surface area (Å²) in [6.45, 7) is 0. The van der Waals surface area contributed by atoms with Crippen molar-refractivity contribution in [2.75, 3.05) is 5.75 Å². The van der Waals surface area contributed by atoms with E-state index in [-0.39, 0.29) is 18.6 Å². The van der Waals surface area contributed by atoms with E-state index < -0.39 is 16.5 Å². The standard InChI is InChI=1S/C6H12F2O3S/c7-6(8)4-2-1-3-5-12(9,10)11/h6H,1-5H2,(H,9,10,11). The highest BCUT2D eigenvalue weighted by Crippen LogP contribution is 2.07. The first-order chi connectivity index (χ1) is 5.42. The van der Waals surface area contributed by atoms with Gasteiger partial charge in [0.1, 0.15) is 0 Å². The largest absolute Gasteiger partial charge is 0.286 e. The summed E-state index contributed by atoms with van der Waals surface area (Å²) in [5.41, 5.74) is 0. The molecule has 0 bridgehead atoms. The Balaban J connectivity index is 3.23. The SMILES string of the molecule is O=S(=O)(O)CCCCCC(F)F. The Kier molecular flexibility index (Phi) is 5.32. The van der Waals surface area contributed by atoms with Crippen LogP contribution >= 0.6 is 0 Å². The van der Waals surface area contributed by atoms with Gasteiger partial charge < -0.3 is 0 Å². The molecule has 0 saturated heterocycles. The molecule has 1 N–H and O–H groups in total. The smallest absolute Gasteiger partial charge is 0.264 e. The second-order valence-electron chi connectivity index (χ2n) is 2.53. The Labute approximate surface area is 70.5 Å². The Morgan fingerprint density at radius 2 is 1.75 bits per heavy atom. The minimum Gasteiger partial charge on any atom is -0.286 e. The molecular weight excluding hydrogens is 190 g/mol. The Morgan fingerprint density at radius 3 is 2.17 bits per heavy atom. The average Bonchev–Trinajstić information content (AvgIpc) is 1.83. The van der Waals surface area contributed by atoms with Crippen molar-refractivity contribution in [3.05, 3.63) is 0 Å². The maximum atomic E-state index is 11.5. The lowest BCUT2D eigenvalue weighted by Crippen LogP contribution is -2.03. The molecule has 0 aromatic carbocycles. The van der Waals surface area contributed by atoms with E-state index in [1.165, 1.54) is 0 Å². The molecule has 0 atom stereocenters. The monoisotopic (exact) mass is 202 g/mol. The summed E-state index contributed by atoms with van der Waals surface area (Å²) in [5, 5.41) is 0. The lowest BCUT2D eigenvalue weighted by atomic mass is 10.2. The van der Waals surface area contributed by atoms with Crippen molar-refractivity contribution in [3.8, 4) is 0 Å². The van der Waals surface area contributed by atoms with Crippen molar-refractivity contribution in [2.45, 2.75) is 32.1 Å². The quantitative estimate of drug-likeness (QED) is 0.527. The maximum absolute atomic E-state index is 11.5. The normalized spacial score (nSPS) is 12.3. The van der Waals surface area contributed by atoms with Gasteiger partial charge in [-0.2, -0.15) is 8.42 Å². The molecule has 0 spiro atoms. The van der Waals surface area contributed by atoms with Gasteiger partial charge in [-0.1, -0.05) is 6.42 Å². The Bertz CT molecular complexity index is 201. The second kappa shape index (κ2) is 5.42. The van der Waals surface area contributed by atoms with E-state index in [1.807, 2.05) is 0 Å². The molecule has 12 heavy (non-hydrogen) atoms. The average molecular weight is 202 g/mol. The van der Waals surface area contributed by atoms with Crippen LogP contribution < -0.4 is 0 Å². The summed E-state index contributed by atoms with van der Waals surface area (Å²) in [4.78, 5) is 0. The summed E-state index contributed by atoms with van der Waals surface area (Å²) in [6.07, 6.45) is -1.58. The van der Waals surface area contributed by atoms with Crippen molar-refractivity contribution >= 4 is 10.1 Å². The summed E-state index contributed by atoms with van der Waals surface area (Å²) >= 11 is 0. The molecular formula is C6H12F2O3S. The second-order valence-corrected chi connectivity index (χ2v) is 4.10. The fraction of sp³-hybridized carbons (Fsp3) is 1.00. The summed E-state index contributed by atoms with van der Waals surface area (Å²) in [7, 11) is -3.91. The molecule has 0 saturated carbocycles. The highest BCUT2D eigenvalue weighted by Gasteiger charge is 2.05. The topological polar surface area (TPSA) is 54.4 Å². The molecule has 0 aliphatic carbocycles. The van der Waals surface area contributed by atoms with E-state index in [9.17, 15) is 17.2 Å². The van der Waals surface area contributed by atoms with Crippen LogP contribution in [0.2, 0.25) is 0 Å². The van der Waals surface area contributed by atoms with Crippen molar-refractivity contribution in [2.24, 2.45) is 0 Å². The van der Waals surface area contributed by atoms with Crippen LogP contribution in [0.3, 0.4) is 0 Å². The predicted octanol–water partition coefficient (Wildman–Crippen LogP) is 1.70. The van der Waals surface area contributed by atoms with E-state index in [0.717, 1.165) is 0 Å². The number of halogens is 2. The lowest BCUT2D eigenvalue weighted by Gasteiger charge is -1.98. The van der Waals surface area contributed by atoms with E-state index in [1.54, 1.807) is 0 Å². The van der Waals surface area contributed by atoms with Gasteiger partial charge in [0.25, 0.3) is 10.1 Å². The van der Waals surface area contributed by atoms with Crippen LogP contribution in [0.1, 0.15) is 25.7 Å². The zero-order chi connectivity index (χ0) is 9.61. The molecule has 0 rings (SSSR count). The molecule has 0 unspecified atom stereocenters. The molecule has 0 amide bonds. The molecule has 0 aromatic rings. The summed E-state index contributed by atoms with van der Waals surface area (Å²) < 4.78 is 51.6. The zero-order valence-electron chi connectivity index (χ0n) is 6.54. The minimum absolute atomic E-state index is 0.203. The molecule has 0 aliphatic heterocycles. The van der Waals surface area contributed by atoms with Gasteiger partial charge in [0.15, 0.2) is 0 Å². The molecule has 0 heterocycles. The van der Waals surface area contributed by atoms with Crippen molar-refractivity contribution < 1.29 is 21.8 Å². The minimum atomic E-state index is -3.91. The first-order valence-corrected chi connectivity index (χ1v) is 5.26. The van der Waals surface area contributed by atoms with Gasteiger partial charge >= 0.3 is 0 Å². The van der Waals surface area contributed by atoms with Gasteiger partial charge in [0.2, 0.25) is 6.43 Å². The van der Waals surface area contributed by atoms with Crippen molar-refractivity contribution in [1.29, 1.82) is 0 Å². The predicted molar refractivity (Wildman–Crippen MR) is 40.9 cm³/mol. The molecule has 0 fully saturated rings. The van der Waals surface area contributed by atoms with Gasteiger partial charge in [-0.05, 0) is 12.8 Å². The maximum Gasteiger partial charge on any atom is 0.264 e. The highest BCUT2D eigenvalue weighted by atomic mass is 32.2. The van der Waals surface area contributed by atoms with E-state index >= 15 is 0 Å². The van der Waals surface area contributed by atoms with Gasteiger partial charge in [0.05, 0.1) is 5.75 Å². The number of hydrogen-bond donors (Lipinski definition) is 1. The Morgan fingerprint density at radius 1 is 1.17 bits per heavy atom. The molecule has 0 aliphatic rings. The number of alkyl halides is 2. The van der Waals surface area contributed by atoms with Crippen molar-refractivity contribution in [3.63, 3.8) is 0 Å². The van der Waals surface area contributed by atoms with E-state index in [2.05, 4.69) is 0 Å². The van der Waals surface area contributed by atoms with Gasteiger partial charge in [-0.25, -0.2) is 8.78 Å². The first-order valence-electron chi connectivity index (χ1n) is 3.65. The van der Waals surface area contributed by atoms with Crippen molar-refractivity contribution in [1.82, 2.24) is 0 Å². The lowest BCUT2D eigenvalue weighted by molar-refractivity contribution is 0.134. The van der Waals surface area contributed by atoms with Crippen LogP contribution in [0.4, 0.5) is 8.78 Å². The Hall–Kier alpha value is -0.230. The first kappa shape index (κ1) is 11.8. The third-order valence-electron chi connectivity index (χ3n) is 1.32. The van der Waals surface area contributed by atoms with Crippen LogP contribution in [0.25, 0.3) is 0 Å². The third kappa shape index (κ3) is 9.77. The fourth-order valence-electron chi connectivity index (χ4n) is 0.760. The van der Waals surface area contributed by atoms with Crippen LogP contribution in [0.5, 0.6) is 0 Å². The highest BCUT2D eigenvalue weighted by molar-refractivity contribution is 7.85. The van der Waals surface area contributed by atoms with Gasteiger partial charge in [0, 0.05) is 6.42 Å². The van der Waals surface area contributed by atoms with Gasteiger partial charge in [-0.15, -0.1) is 0 Å². The van der Waals surface area contributed by atoms with Gasteiger partial charge in [-0.3, -0.25) is 4.55 Å². The summed E-state index contributed by atoms with van der Waals surface area (Å²) in [6, 6.07) is 0. The van der Waals surface area contributed by atoms with Crippen LogP contribution in [0.15, 0.2) is 0 Å². The van der Waals surface area contributed by atoms with E-state index in [4.69, 9.17) is 4.55 Å². The molecule has 3 nitrogen and oxygen atoms in total. The number of unbranched alkanes of at least 4 members (excludes halogenated alkanes) is 2.